The molecule has 0 unspecified atom stereocenters. The molecule has 8 heteroatoms. The number of hydrogen-bond acceptors (Lipinski definition) is 3. The lowest BCUT2D eigenvalue weighted by Gasteiger charge is -2.03. The van der Waals surface area contributed by atoms with Crippen LogP contribution in [0.3, 0.4) is 0 Å². The van der Waals surface area contributed by atoms with Gasteiger partial charge in [0, 0.05) is 11.8 Å². The molecule has 0 amide bonds. The van der Waals surface area contributed by atoms with Gasteiger partial charge in [0.2, 0.25) is 0 Å². The average molecular weight is 273 g/mol. The van der Waals surface area contributed by atoms with E-state index in [2.05, 4.69) is 4.98 Å². The van der Waals surface area contributed by atoms with E-state index in [4.69, 9.17) is 5.14 Å². The summed E-state index contributed by atoms with van der Waals surface area (Å²) >= 11 is 0. The Morgan fingerprint density at radius 3 is 2.67 bits per heavy atom. The highest BCUT2D eigenvalue weighted by molar-refractivity contribution is 7.89. The summed E-state index contributed by atoms with van der Waals surface area (Å²) in [6.45, 7) is -0.0356. The highest BCUT2D eigenvalue weighted by atomic mass is 32.2. The molecule has 1 aromatic heterocycles. The number of benzene rings is 1. The van der Waals surface area contributed by atoms with Crippen molar-refractivity contribution in [3.8, 4) is 0 Å². The zero-order chi connectivity index (χ0) is 13.3. The maximum Gasteiger partial charge on any atom is 0.257 e. The summed E-state index contributed by atoms with van der Waals surface area (Å²) in [6, 6.07) is 3.04. The average Bonchev–Trinajstić information content (AvgIpc) is 2.71. The van der Waals surface area contributed by atoms with Crippen molar-refractivity contribution in [2.75, 3.05) is 0 Å². The van der Waals surface area contributed by atoms with Crippen LogP contribution in [0.5, 0.6) is 0 Å². The summed E-state index contributed by atoms with van der Waals surface area (Å²) < 4.78 is 49.6. The Morgan fingerprint density at radius 1 is 1.33 bits per heavy atom. The van der Waals surface area contributed by atoms with Crippen LogP contribution in [0, 0.1) is 11.6 Å². The largest absolute Gasteiger partial charge is 0.332 e. The van der Waals surface area contributed by atoms with Gasteiger partial charge >= 0.3 is 0 Å². The van der Waals surface area contributed by atoms with E-state index in [-0.39, 0.29) is 17.1 Å². The van der Waals surface area contributed by atoms with Crippen LogP contribution in [0.2, 0.25) is 0 Å². The van der Waals surface area contributed by atoms with Crippen LogP contribution in [0.25, 0.3) is 0 Å². The Bertz CT molecular complexity index is 682. The molecular weight excluding hydrogens is 264 g/mol. The SMILES string of the molecule is NS(=O)(=O)c1cn(Cc2cc(F)ccc2F)cn1. The van der Waals surface area contributed by atoms with Gasteiger partial charge in [-0.3, -0.25) is 0 Å². The zero-order valence-corrected chi connectivity index (χ0v) is 9.86. The Balaban J connectivity index is 2.29. The minimum atomic E-state index is -3.89. The predicted molar refractivity (Wildman–Crippen MR) is 59.1 cm³/mol. The normalized spacial score (nSPS) is 11.7. The highest BCUT2D eigenvalue weighted by Gasteiger charge is 2.12. The fourth-order valence-corrected chi connectivity index (χ4v) is 1.91. The summed E-state index contributed by atoms with van der Waals surface area (Å²) in [7, 11) is -3.89. The van der Waals surface area contributed by atoms with E-state index >= 15 is 0 Å². The third-order valence-corrected chi connectivity index (χ3v) is 3.06. The molecule has 2 N–H and O–H groups in total. The second kappa shape index (κ2) is 4.46. The van der Waals surface area contributed by atoms with Gasteiger partial charge in [-0.05, 0) is 18.2 Å². The van der Waals surface area contributed by atoms with E-state index in [9.17, 15) is 17.2 Å². The van der Waals surface area contributed by atoms with Gasteiger partial charge < -0.3 is 4.57 Å². The molecule has 1 aromatic carbocycles. The molecule has 0 aliphatic rings. The van der Waals surface area contributed by atoms with Gasteiger partial charge in [0.25, 0.3) is 10.0 Å². The molecule has 0 radical (unpaired) electrons. The number of sulfonamides is 1. The van der Waals surface area contributed by atoms with E-state index in [0.717, 1.165) is 24.4 Å². The lowest BCUT2D eigenvalue weighted by atomic mass is 10.2. The number of rotatable bonds is 3. The molecule has 2 rings (SSSR count). The molecule has 1 heterocycles. The number of nitrogens with zero attached hydrogens (tertiary/aromatic N) is 2. The molecule has 0 saturated heterocycles. The molecule has 0 aliphatic heterocycles. The minimum absolute atomic E-state index is 0.0356. The first-order valence-corrected chi connectivity index (χ1v) is 6.39. The van der Waals surface area contributed by atoms with E-state index in [0.29, 0.717) is 0 Å². The number of primary sulfonamides is 1. The van der Waals surface area contributed by atoms with E-state index in [1.54, 1.807) is 0 Å². The standard InChI is InChI=1S/C10H9F2N3O2S/c11-8-1-2-9(12)7(3-8)4-15-5-10(14-6-15)18(13,16)17/h1-3,5-6H,4H2,(H2,13,16,17). The predicted octanol–water partition coefficient (Wildman–Crippen LogP) is 0.857. The molecule has 0 saturated carbocycles. The highest BCUT2D eigenvalue weighted by Crippen LogP contribution is 2.12. The lowest BCUT2D eigenvalue weighted by Crippen LogP contribution is -2.12. The summed E-state index contributed by atoms with van der Waals surface area (Å²) in [4.78, 5) is 3.57. The van der Waals surface area contributed by atoms with Crippen molar-refractivity contribution in [1.82, 2.24) is 9.55 Å². The molecular formula is C10H9F2N3O2S. The van der Waals surface area contributed by atoms with Gasteiger partial charge in [-0.1, -0.05) is 0 Å². The van der Waals surface area contributed by atoms with Gasteiger partial charge in [0.05, 0.1) is 12.9 Å². The third kappa shape index (κ3) is 2.71. The summed E-state index contributed by atoms with van der Waals surface area (Å²) in [6.07, 6.45) is 2.34. The summed E-state index contributed by atoms with van der Waals surface area (Å²) in [5.74, 6) is -1.15. The maximum absolute atomic E-state index is 13.4. The van der Waals surface area contributed by atoms with Gasteiger partial charge in [-0.25, -0.2) is 27.3 Å². The van der Waals surface area contributed by atoms with Crippen molar-refractivity contribution in [3.05, 3.63) is 47.9 Å². The van der Waals surface area contributed by atoms with E-state index in [1.807, 2.05) is 0 Å². The molecule has 5 nitrogen and oxygen atoms in total. The molecule has 18 heavy (non-hydrogen) atoms. The second-order valence-electron chi connectivity index (χ2n) is 3.66. The van der Waals surface area contributed by atoms with Crippen LogP contribution in [0.4, 0.5) is 8.78 Å². The monoisotopic (exact) mass is 273 g/mol. The first-order valence-electron chi connectivity index (χ1n) is 4.85. The van der Waals surface area contributed by atoms with Crippen LogP contribution in [0.15, 0.2) is 35.7 Å². The molecule has 0 spiro atoms. The first-order chi connectivity index (χ1) is 8.36. The van der Waals surface area contributed by atoms with Crippen molar-refractivity contribution in [2.45, 2.75) is 11.6 Å². The molecule has 0 atom stereocenters. The van der Waals surface area contributed by atoms with Crippen LogP contribution < -0.4 is 5.14 Å². The minimum Gasteiger partial charge on any atom is -0.332 e. The molecule has 0 bridgehead atoms. The fourth-order valence-electron chi connectivity index (χ4n) is 1.43. The van der Waals surface area contributed by atoms with E-state index < -0.39 is 21.7 Å². The van der Waals surface area contributed by atoms with Crippen LogP contribution in [-0.2, 0) is 16.6 Å². The molecule has 0 aliphatic carbocycles. The van der Waals surface area contributed by atoms with Crippen LogP contribution >= 0.6 is 0 Å². The summed E-state index contributed by atoms with van der Waals surface area (Å²) in [5.41, 5.74) is 0.0911. The van der Waals surface area contributed by atoms with Crippen LogP contribution in [0.1, 0.15) is 5.56 Å². The Morgan fingerprint density at radius 2 is 2.06 bits per heavy atom. The van der Waals surface area contributed by atoms with Gasteiger partial charge in [0.15, 0.2) is 5.03 Å². The number of halogens is 2. The number of nitrogens with two attached hydrogens (primary N) is 1. The Kier molecular flexibility index (Phi) is 3.14. The van der Waals surface area contributed by atoms with Crippen molar-refractivity contribution in [1.29, 1.82) is 0 Å². The third-order valence-electron chi connectivity index (χ3n) is 2.26. The molecule has 2 aromatic rings. The fraction of sp³-hybridized carbons (Fsp3) is 0.100. The Labute approximate surface area is 102 Å². The van der Waals surface area contributed by atoms with Crippen molar-refractivity contribution >= 4 is 10.0 Å². The zero-order valence-electron chi connectivity index (χ0n) is 9.05. The van der Waals surface area contributed by atoms with Gasteiger partial charge in [-0.2, -0.15) is 0 Å². The van der Waals surface area contributed by atoms with Crippen molar-refractivity contribution in [3.63, 3.8) is 0 Å². The smallest absolute Gasteiger partial charge is 0.257 e. The van der Waals surface area contributed by atoms with E-state index in [1.165, 1.54) is 10.9 Å². The Hall–Kier alpha value is -1.80. The number of aromatic nitrogens is 2. The molecule has 96 valence electrons. The van der Waals surface area contributed by atoms with Gasteiger partial charge in [-0.15, -0.1) is 0 Å². The van der Waals surface area contributed by atoms with Gasteiger partial charge in [0.1, 0.15) is 11.6 Å². The maximum atomic E-state index is 13.4. The topological polar surface area (TPSA) is 78.0 Å². The molecule has 0 fully saturated rings. The van der Waals surface area contributed by atoms with Crippen molar-refractivity contribution < 1.29 is 17.2 Å². The quantitative estimate of drug-likeness (QED) is 0.900. The second-order valence-corrected chi connectivity index (χ2v) is 5.17. The lowest BCUT2D eigenvalue weighted by molar-refractivity contribution is 0.576. The number of hydrogen-bond donors (Lipinski definition) is 1. The van der Waals surface area contributed by atoms with Crippen molar-refractivity contribution in [2.24, 2.45) is 5.14 Å². The van der Waals surface area contributed by atoms with Crippen LogP contribution in [-0.4, -0.2) is 18.0 Å². The first kappa shape index (κ1) is 12.7. The number of imidazole rings is 1. The summed E-state index contributed by atoms with van der Waals surface area (Å²) in [5, 5.41) is 4.56.